The molecule has 0 aromatic heterocycles. The van der Waals surface area contributed by atoms with E-state index in [4.69, 9.17) is 9.88 Å². The zero-order valence-electron chi connectivity index (χ0n) is 9.64. The molecule has 0 saturated heterocycles. The number of rotatable bonds is 5. The molecule has 6 nitrogen and oxygen atoms in total. The lowest BCUT2D eigenvalue weighted by Crippen LogP contribution is -2.31. The molecule has 0 saturated carbocycles. The van der Waals surface area contributed by atoms with Crippen LogP contribution in [0, 0.1) is 0 Å². The zero-order valence-corrected chi connectivity index (χ0v) is 12.0. The van der Waals surface area contributed by atoms with Crippen LogP contribution in [0.2, 0.25) is 0 Å². The molecule has 0 atom stereocenters. The van der Waals surface area contributed by atoms with E-state index in [2.05, 4.69) is 21.2 Å². The van der Waals surface area contributed by atoms with E-state index in [1.54, 1.807) is 18.2 Å². The van der Waals surface area contributed by atoms with Gasteiger partial charge in [0, 0.05) is 11.0 Å². The van der Waals surface area contributed by atoms with Gasteiger partial charge in [-0.15, -0.1) is 0 Å². The Balaban J connectivity index is 2.72. The van der Waals surface area contributed by atoms with Crippen molar-refractivity contribution in [2.75, 3.05) is 19.4 Å². The molecule has 0 aliphatic rings. The van der Waals surface area contributed by atoms with E-state index < -0.39 is 15.9 Å². The fraction of sp³-hybridized carbons (Fsp3) is 0.300. The molecule has 100 valence electrons. The highest BCUT2D eigenvalue weighted by molar-refractivity contribution is 9.10. The molecule has 0 fully saturated rings. The van der Waals surface area contributed by atoms with Gasteiger partial charge in [0.05, 0.1) is 18.4 Å². The van der Waals surface area contributed by atoms with E-state index >= 15 is 0 Å². The maximum Gasteiger partial charge on any atom is 0.252 e. The summed E-state index contributed by atoms with van der Waals surface area (Å²) in [6, 6.07) is 4.93. The van der Waals surface area contributed by atoms with Crippen LogP contribution in [0.4, 0.5) is 0 Å². The van der Waals surface area contributed by atoms with Gasteiger partial charge < -0.3 is 10.1 Å². The Morgan fingerprint density at radius 3 is 2.72 bits per heavy atom. The molecule has 1 amide bonds. The first-order valence-corrected chi connectivity index (χ1v) is 7.46. The second-order valence-corrected chi connectivity index (χ2v) is 6.06. The number of primary sulfonamides is 1. The summed E-state index contributed by atoms with van der Waals surface area (Å²) in [5.41, 5.74) is 0.365. The number of sulfonamides is 1. The fourth-order valence-electron chi connectivity index (χ4n) is 1.21. The molecule has 0 spiro atoms. The predicted molar refractivity (Wildman–Crippen MR) is 71.0 cm³/mol. The van der Waals surface area contributed by atoms with E-state index in [0.717, 1.165) is 0 Å². The van der Waals surface area contributed by atoms with Gasteiger partial charge in [-0.1, -0.05) is 0 Å². The van der Waals surface area contributed by atoms with E-state index in [1.165, 1.54) is 7.11 Å². The van der Waals surface area contributed by atoms with Crippen LogP contribution in [-0.2, 0) is 10.0 Å². The molecule has 1 aromatic carbocycles. The van der Waals surface area contributed by atoms with Gasteiger partial charge in [0.25, 0.3) is 5.91 Å². The van der Waals surface area contributed by atoms with Gasteiger partial charge >= 0.3 is 0 Å². The first-order chi connectivity index (χ1) is 8.33. The maximum absolute atomic E-state index is 11.8. The van der Waals surface area contributed by atoms with Crippen molar-refractivity contribution in [1.29, 1.82) is 0 Å². The average molecular weight is 337 g/mol. The number of amides is 1. The van der Waals surface area contributed by atoms with E-state index in [1.807, 2.05) is 0 Å². The summed E-state index contributed by atoms with van der Waals surface area (Å²) in [6.45, 7) is -0.0404. The Morgan fingerprint density at radius 1 is 1.50 bits per heavy atom. The number of carbonyl (C=O) groups is 1. The monoisotopic (exact) mass is 336 g/mol. The highest BCUT2D eigenvalue weighted by atomic mass is 79.9. The highest BCUT2D eigenvalue weighted by Crippen LogP contribution is 2.22. The quantitative estimate of drug-likeness (QED) is 0.816. The number of nitrogens with two attached hydrogens (primary N) is 1. The summed E-state index contributed by atoms with van der Waals surface area (Å²) in [4.78, 5) is 11.8. The molecule has 0 heterocycles. The second kappa shape index (κ2) is 6.17. The molecule has 0 aliphatic heterocycles. The van der Waals surface area contributed by atoms with Gasteiger partial charge in [-0.3, -0.25) is 4.79 Å². The van der Waals surface area contributed by atoms with Gasteiger partial charge in [0.15, 0.2) is 0 Å². The van der Waals surface area contributed by atoms with Crippen molar-refractivity contribution in [3.8, 4) is 5.75 Å². The zero-order chi connectivity index (χ0) is 13.8. The predicted octanol–water partition coefficient (Wildman–Crippen LogP) is 0.476. The molecule has 18 heavy (non-hydrogen) atoms. The smallest absolute Gasteiger partial charge is 0.252 e. The third-order valence-corrected chi connectivity index (χ3v) is 3.55. The summed E-state index contributed by atoms with van der Waals surface area (Å²) in [7, 11) is -2.08. The van der Waals surface area contributed by atoms with Crippen LogP contribution in [0.3, 0.4) is 0 Å². The van der Waals surface area contributed by atoms with E-state index in [0.29, 0.717) is 15.8 Å². The van der Waals surface area contributed by atoms with Crippen LogP contribution in [0.5, 0.6) is 5.75 Å². The molecular weight excluding hydrogens is 324 g/mol. The highest BCUT2D eigenvalue weighted by Gasteiger charge is 2.12. The van der Waals surface area contributed by atoms with Crippen LogP contribution in [0.15, 0.2) is 22.7 Å². The van der Waals surface area contributed by atoms with E-state index in [-0.39, 0.29) is 12.3 Å². The number of carbonyl (C=O) groups excluding carboxylic acids is 1. The molecule has 3 N–H and O–H groups in total. The fourth-order valence-corrected chi connectivity index (χ4v) is 2.02. The number of methoxy groups -OCH3 is 1. The van der Waals surface area contributed by atoms with Crippen LogP contribution < -0.4 is 15.2 Å². The number of benzene rings is 1. The van der Waals surface area contributed by atoms with E-state index in [9.17, 15) is 13.2 Å². The molecule has 0 bridgehead atoms. The molecule has 8 heteroatoms. The molecule has 1 rings (SSSR count). The molecule has 0 aliphatic carbocycles. The van der Waals surface area contributed by atoms with Crippen molar-refractivity contribution >= 4 is 31.9 Å². The van der Waals surface area contributed by atoms with Crippen molar-refractivity contribution in [3.63, 3.8) is 0 Å². The SMILES string of the molecule is COc1ccc(Br)c(C(=O)NCCS(N)(=O)=O)c1. The third-order valence-electron chi connectivity index (χ3n) is 2.09. The lowest BCUT2D eigenvalue weighted by atomic mass is 10.2. The molecule has 0 radical (unpaired) electrons. The summed E-state index contributed by atoms with van der Waals surface area (Å²) >= 11 is 3.23. The number of ether oxygens (including phenoxy) is 1. The molecule has 0 unspecified atom stereocenters. The van der Waals surface area contributed by atoms with Crippen molar-refractivity contribution in [1.82, 2.24) is 5.32 Å². The number of nitrogens with one attached hydrogen (secondary N) is 1. The normalized spacial score (nSPS) is 11.1. The lowest BCUT2D eigenvalue weighted by molar-refractivity contribution is 0.0955. The number of hydrogen-bond acceptors (Lipinski definition) is 4. The summed E-state index contributed by atoms with van der Waals surface area (Å²) in [6.07, 6.45) is 0. The minimum atomic E-state index is -3.58. The Labute approximate surface area is 114 Å². The minimum absolute atomic E-state index is 0.0404. The van der Waals surface area contributed by atoms with Crippen LogP contribution in [-0.4, -0.2) is 33.7 Å². The van der Waals surface area contributed by atoms with Crippen molar-refractivity contribution < 1.29 is 17.9 Å². The maximum atomic E-state index is 11.8. The van der Waals surface area contributed by atoms with Crippen molar-refractivity contribution in [2.45, 2.75) is 0 Å². The summed E-state index contributed by atoms with van der Waals surface area (Å²) in [5.74, 6) is -0.167. The number of hydrogen-bond donors (Lipinski definition) is 2. The second-order valence-electron chi connectivity index (χ2n) is 3.47. The van der Waals surface area contributed by atoms with Gasteiger partial charge in [-0.25, -0.2) is 13.6 Å². The Morgan fingerprint density at radius 2 is 2.17 bits per heavy atom. The first-order valence-electron chi connectivity index (χ1n) is 4.95. The summed E-state index contributed by atoms with van der Waals surface area (Å²) < 4.78 is 27.0. The Bertz CT molecular complexity index is 545. The Kier molecular flexibility index (Phi) is 5.12. The minimum Gasteiger partial charge on any atom is -0.497 e. The third kappa shape index (κ3) is 4.63. The average Bonchev–Trinajstić information content (AvgIpc) is 2.27. The lowest BCUT2D eigenvalue weighted by Gasteiger charge is -2.08. The van der Waals surface area contributed by atoms with Gasteiger partial charge in [0.1, 0.15) is 5.75 Å². The van der Waals surface area contributed by atoms with Gasteiger partial charge in [0.2, 0.25) is 10.0 Å². The van der Waals surface area contributed by atoms with Crippen LogP contribution in [0.1, 0.15) is 10.4 Å². The van der Waals surface area contributed by atoms with Gasteiger partial charge in [-0.2, -0.15) is 0 Å². The van der Waals surface area contributed by atoms with Crippen LogP contribution in [0.25, 0.3) is 0 Å². The van der Waals surface area contributed by atoms with Gasteiger partial charge in [-0.05, 0) is 34.1 Å². The standard InChI is InChI=1S/C10H13BrN2O4S/c1-17-7-2-3-9(11)8(6-7)10(14)13-4-5-18(12,15)16/h2-3,6H,4-5H2,1H3,(H,13,14)(H2,12,15,16). The summed E-state index contributed by atoms with van der Waals surface area (Å²) in [5, 5.41) is 7.29. The number of halogens is 1. The molecule has 1 aromatic rings. The first kappa shape index (κ1) is 14.9. The van der Waals surface area contributed by atoms with Crippen molar-refractivity contribution in [2.24, 2.45) is 5.14 Å². The Hall–Kier alpha value is -1.12. The topological polar surface area (TPSA) is 98.5 Å². The van der Waals surface area contributed by atoms with Crippen LogP contribution >= 0.6 is 15.9 Å². The largest absolute Gasteiger partial charge is 0.497 e. The van der Waals surface area contributed by atoms with Crippen molar-refractivity contribution in [3.05, 3.63) is 28.2 Å². The molecular formula is C10H13BrN2O4S.